The molecule has 0 bridgehead atoms. The highest BCUT2D eigenvalue weighted by Crippen LogP contribution is 2.02. The summed E-state index contributed by atoms with van der Waals surface area (Å²) in [5.74, 6) is -1.04. The normalized spacial score (nSPS) is 10.8. The SMILES string of the molecule is Fc1cc(F)cc([SiH](c2ccccc2)c2ccccc2)c1. The molecule has 0 atom stereocenters. The van der Waals surface area contributed by atoms with Gasteiger partial charge in [-0.2, -0.15) is 0 Å². The van der Waals surface area contributed by atoms with Gasteiger partial charge in [-0.1, -0.05) is 71.0 Å². The second-order valence-electron chi connectivity index (χ2n) is 4.96. The Morgan fingerprint density at radius 2 is 0.952 bits per heavy atom. The summed E-state index contributed by atoms with van der Waals surface area (Å²) in [6, 6.07) is 23.7. The molecule has 104 valence electrons. The third kappa shape index (κ3) is 3.08. The zero-order valence-corrected chi connectivity index (χ0v) is 12.5. The van der Waals surface area contributed by atoms with Crippen LogP contribution in [0.15, 0.2) is 78.9 Å². The highest BCUT2D eigenvalue weighted by molar-refractivity contribution is 6.95. The van der Waals surface area contributed by atoms with Crippen molar-refractivity contribution in [2.45, 2.75) is 0 Å². The Bertz CT molecular complexity index is 667. The first-order valence-corrected chi connectivity index (χ1v) is 8.53. The monoisotopic (exact) mass is 296 g/mol. The van der Waals surface area contributed by atoms with Gasteiger partial charge in [0, 0.05) is 6.07 Å². The van der Waals surface area contributed by atoms with Gasteiger partial charge in [0.15, 0.2) is 0 Å². The van der Waals surface area contributed by atoms with Crippen molar-refractivity contribution in [3.63, 3.8) is 0 Å². The molecule has 0 aliphatic rings. The van der Waals surface area contributed by atoms with Crippen molar-refractivity contribution in [1.29, 1.82) is 0 Å². The molecule has 0 radical (unpaired) electrons. The number of benzene rings is 3. The van der Waals surface area contributed by atoms with E-state index < -0.39 is 20.4 Å². The highest BCUT2D eigenvalue weighted by atomic mass is 28.3. The lowest BCUT2D eigenvalue weighted by atomic mass is 10.3. The van der Waals surface area contributed by atoms with Gasteiger partial charge in [-0.05, 0) is 17.3 Å². The quantitative estimate of drug-likeness (QED) is 0.513. The van der Waals surface area contributed by atoms with Gasteiger partial charge in [0.2, 0.25) is 0 Å². The van der Waals surface area contributed by atoms with Crippen LogP contribution in [-0.2, 0) is 0 Å². The van der Waals surface area contributed by atoms with E-state index in [-0.39, 0.29) is 0 Å². The van der Waals surface area contributed by atoms with E-state index in [0.717, 1.165) is 21.6 Å². The minimum atomic E-state index is -1.84. The maximum Gasteiger partial charge on any atom is 0.133 e. The van der Waals surface area contributed by atoms with Crippen LogP contribution in [-0.4, -0.2) is 8.80 Å². The average Bonchev–Trinajstić information content (AvgIpc) is 2.49. The molecule has 0 unspecified atom stereocenters. The Hall–Kier alpha value is -2.26. The highest BCUT2D eigenvalue weighted by Gasteiger charge is 2.19. The van der Waals surface area contributed by atoms with Crippen LogP contribution in [0.3, 0.4) is 0 Å². The lowest BCUT2D eigenvalue weighted by Crippen LogP contribution is -2.52. The summed E-state index contributed by atoms with van der Waals surface area (Å²) in [6.45, 7) is 0. The van der Waals surface area contributed by atoms with Gasteiger partial charge < -0.3 is 0 Å². The molecule has 0 aromatic heterocycles. The van der Waals surface area contributed by atoms with E-state index in [1.54, 1.807) is 0 Å². The first-order chi connectivity index (χ1) is 10.2. The first-order valence-electron chi connectivity index (χ1n) is 6.80. The van der Waals surface area contributed by atoms with Crippen molar-refractivity contribution in [1.82, 2.24) is 0 Å². The van der Waals surface area contributed by atoms with E-state index in [1.807, 2.05) is 60.7 Å². The Morgan fingerprint density at radius 1 is 0.524 bits per heavy atom. The molecule has 0 spiro atoms. The molecule has 0 saturated carbocycles. The Labute approximate surface area is 124 Å². The lowest BCUT2D eigenvalue weighted by Gasteiger charge is -2.17. The van der Waals surface area contributed by atoms with Crippen LogP contribution >= 0.6 is 0 Å². The Balaban J connectivity index is 2.17. The average molecular weight is 296 g/mol. The third-order valence-corrected chi connectivity index (χ3v) is 6.59. The zero-order chi connectivity index (χ0) is 14.7. The molecule has 0 amide bonds. The summed E-state index contributed by atoms with van der Waals surface area (Å²) in [7, 11) is -1.84. The fourth-order valence-corrected chi connectivity index (χ4v) is 5.63. The molecule has 0 heterocycles. The topological polar surface area (TPSA) is 0 Å². The molecule has 0 aliphatic heterocycles. The molecule has 21 heavy (non-hydrogen) atoms. The number of rotatable bonds is 3. The van der Waals surface area contributed by atoms with Gasteiger partial charge in [-0.15, -0.1) is 0 Å². The van der Waals surface area contributed by atoms with E-state index in [9.17, 15) is 8.78 Å². The van der Waals surface area contributed by atoms with Crippen molar-refractivity contribution >= 4 is 24.4 Å². The van der Waals surface area contributed by atoms with E-state index in [1.165, 1.54) is 12.1 Å². The van der Waals surface area contributed by atoms with Gasteiger partial charge >= 0.3 is 0 Å². The molecule has 0 aliphatic carbocycles. The molecule has 3 heteroatoms. The predicted octanol–water partition coefficient (Wildman–Crippen LogP) is 2.21. The molecule has 0 saturated heterocycles. The van der Waals surface area contributed by atoms with Gasteiger partial charge in [0.1, 0.15) is 20.4 Å². The maximum atomic E-state index is 13.6. The molecular formula is C18H14F2Si. The van der Waals surface area contributed by atoms with Crippen LogP contribution in [0, 0.1) is 11.6 Å². The molecule has 0 nitrogen and oxygen atoms in total. The van der Waals surface area contributed by atoms with Gasteiger partial charge in [-0.25, -0.2) is 8.78 Å². The van der Waals surface area contributed by atoms with Crippen LogP contribution in [0.1, 0.15) is 0 Å². The minimum Gasteiger partial charge on any atom is -0.207 e. The van der Waals surface area contributed by atoms with Crippen molar-refractivity contribution in [2.75, 3.05) is 0 Å². The first kappa shape index (κ1) is 13.7. The molecule has 3 rings (SSSR count). The van der Waals surface area contributed by atoms with E-state index in [4.69, 9.17) is 0 Å². The molecular weight excluding hydrogens is 282 g/mol. The number of halogens is 2. The van der Waals surface area contributed by atoms with Crippen LogP contribution < -0.4 is 15.6 Å². The van der Waals surface area contributed by atoms with E-state index in [2.05, 4.69) is 0 Å². The van der Waals surface area contributed by atoms with Crippen LogP contribution in [0.25, 0.3) is 0 Å². The third-order valence-electron chi connectivity index (χ3n) is 3.48. The van der Waals surface area contributed by atoms with Gasteiger partial charge in [0.25, 0.3) is 0 Å². The summed E-state index contributed by atoms with van der Waals surface area (Å²) < 4.78 is 27.2. The summed E-state index contributed by atoms with van der Waals surface area (Å²) in [5, 5.41) is 3.05. The smallest absolute Gasteiger partial charge is 0.133 e. The predicted molar refractivity (Wildman–Crippen MR) is 85.3 cm³/mol. The second kappa shape index (κ2) is 6.02. The maximum absolute atomic E-state index is 13.6. The molecule has 3 aromatic carbocycles. The molecule has 0 N–H and O–H groups in total. The number of hydrogen-bond acceptors (Lipinski definition) is 0. The van der Waals surface area contributed by atoms with Crippen LogP contribution in [0.4, 0.5) is 8.78 Å². The fraction of sp³-hybridized carbons (Fsp3) is 0. The number of hydrogen-bond donors (Lipinski definition) is 0. The minimum absolute atomic E-state index is 0.519. The fourth-order valence-electron chi connectivity index (χ4n) is 2.61. The lowest BCUT2D eigenvalue weighted by molar-refractivity contribution is 0.585. The van der Waals surface area contributed by atoms with Crippen LogP contribution in [0.2, 0.25) is 0 Å². The summed E-state index contributed by atoms with van der Waals surface area (Å²) in [4.78, 5) is 0. The molecule has 0 fully saturated rings. The van der Waals surface area contributed by atoms with Crippen molar-refractivity contribution in [3.8, 4) is 0 Å². The summed E-state index contributed by atoms with van der Waals surface area (Å²) >= 11 is 0. The zero-order valence-electron chi connectivity index (χ0n) is 11.3. The van der Waals surface area contributed by atoms with Crippen LogP contribution in [0.5, 0.6) is 0 Å². The summed E-state index contributed by atoms with van der Waals surface area (Å²) in [5.41, 5.74) is 0. The second-order valence-corrected chi connectivity index (χ2v) is 7.82. The van der Waals surface area contributed by atoms with E-state index in [0.29, 0.717) is 0 Å². The van der Waals surface area contributed by atoms with Gasteiger partial charge in [0.05, 0.1) is 0 Å². The van der Waals surface area contributed by atoms with E-state index >= 15 is 0 Å². The van der Waals surface area contributed by atoms with Crippen molar-refractivity contribution in [3.05, 3.63) is 90.5 Å². The summed E-state index contributed by atoms with van der Waals surface area (Å²) in [6.07, 6.45) is 0. The Morgan fingerprint density at radius 3 is 1.38 bits per heavy atom. The van der Waals surface area contributed by atoms with Crippen molar-refractivity contribution < 1.29 is 8.78 Å². The largest absolute Gasteiger partial charge is 0.207 e. The Kier molecular flexibility index (Phi) is 3.93. The van der Waals surface area contributed by atoms with Crippen molar-refractivity contribution in [2.24, 2.45) is 0 Å². The molecule has 3 aromatic rings. The van der Waals surface area contributed by atoms with Gasteiger partial charge in [-0.3, -0.25) is 0 Å². The standard InChI is InChI=1S/C18H14F2Si/c19-14-11-15(20)13-18(12-14)21(16-7-3-1-4-8-16)17-9-5-2-6-10-17/h1-13,21H.